The number of nitrogens with one attached hydrogen (secondary N) is 1. The summed E-state index contributed by atoms with van der Waals surface area (Å²) in [6.07, 6.45) is 4.19. The largest absolute Gasteiger partial charge is 0.444 e. The van der Waals surface area contributed by atoms with Crippen molar-refractivity contribution in [3.8, 4) is 0 Å². The lowest BCUT2D eigenvalue weighted by Crippen LogP contribution is -2.23. The maximum absolute atomic E-state index is 12.1. The van der Waals surface area contributed by atoms with E-state index >= 15 is 0 Å². The van der Waals surface area contributed by atoms with Crippen LogP contribution >= 0.6 is 11.6 Å². The first-order chi connectivity index (χ1) is 10.1. The Morgan fingerprint density at radius 1 is 1.38 bits per heavy atom. The first-order valence-electron chi connectivity index (χ1n) is 7.00. The molecule has 0 bridgehead atoms. The number of hydrogen-bond donors (Lipinski definition) is 1. The number of pyridine rings is 1. The molecular weight excluding hydrogens is 290 g/mol. The molecule has 0 saturated carbocycles. The van der Waals surface area contributed by atoms with Crippen molar-refractivity contribution in [2.45, 2.75) is 39.7 Å². The molecule has 2 aromatic heterocycles. The lowest BCUT2D eigenvalue weighted by molar-refractivity contribution is 0.0947. The van der Waals surface area contributed by atoms with Gasteiger partial charge in [-0.2, -0.15) is 0 Å². The van der Waals surface area contributed by atoms with E-state index in [2.05, 4.69) is 22.2 Å². The van der Waals surface area contributed by atoms with Gasteiger partial charge in [0, 0.05) is 17.7 Å². The van der Waals surface area contributed by atoms with Crippen LogP contribution in [0.1, 0.15) is 48.0 Å². The van der Waals surface area contributed by atoms with E-state index in [1.54, 1.807) is 18.3 Å². The Morgan fingerprint density at radius 3 is 2.86 bits per heavy atom. The summed E-state index contributed by atoms with van der Waals surface area (Å²) in [7, 11) is 0. The van der Waals surface area contributed by atoms with Gasteiger partial charge in [0.1, 0.15) is 10.9 Å². The molecule has 21 heavy (non-hydrogen) atoms. The van der Waals surface area contributed by atoms with Crippen LogP contribution in [0.15, 0.2) is 22.7 Å². The van der Waals surface area contributed by atoms with Crippen molar-refractivity contribution in [2.24, 2.45) is 0 Å². The standard InChI is InChI=1S/C15H18ClN3O2/c1-3-5-11-6-10(7-13(16)19-11)15(20)18-9-14-17-8-12(4-2)21-14/h6-8H,3-5,9H2,1-2H3,(H,18,20). The van der Waals surface area contributed by atoms with E-state index in [0.717, 1.165) is 30.7 Å². The minimum Gasteiger partial charge on any atom is -0.444 e. The van der Waals surface area contributed by atoms with E-state index in [0.29, 0.717) is 16.6 Å². The fraction of sp³-hybridized carbons (Fsp3) is 0.400. The third-order valence-electron chi connectivity index (χ3n) is 2.97. The number of carbonyl (C=O) groups is 1. The zero-order chi connectivity index (χ0) is 15.2. The van der Waals surface area contributed by atoms with E-state index in [9.17, 15) is 4.79 Å². The van der Waals surface area contributed by atoms with Crippen molar-refractivity contribution in [1.29, 1.82) is 0 Å². The molecule has 0 unspecified atom stereocenters. The topological polar surface area (TPSA) is 68.0 Å². The monoisotopic (exact) mass is 307 g/mol. The maximum atomic E-state index is 12.1. The highest BCUT2D eigenvalue weighted by Crippen LogP contribution is 2.13. The minimum atomic E-state index is -0.215. The molecule has 0 aliphatic carbocycles. The summed E-state index contributed by atoms with van der Waals surface area (Å²) < 4.78 is 5.44. The van der Waals surface area contributed by atoms with E-state index in [4.69, 9.17) is 16.0 Å². The molecule has 0 radical (unpaired) electrons. The van der Waals surface area contributed by atoms with Crippen LogP contribution in [0, 0.1) is 0 Å². The summed E-state index contributed by atoms with van der Waals surface area (Å²) in [6.45, 7) is 4.29. The molecule has 0 aliphatic rings. The zero-order valence-corrected chi connectivity index (χ0v) is 12.9. The summed E-state index contributed by atoms with van der Waals surface area (Å²) in [6, 6.07) is 3.32. The minimum absolute atomic E-state index is 0.215. The first kappa shape index (κ1) is 15.5. The quantitative estimate of drug-likeness (QED) is 0.832. The van der Waals surface area contributed by atoms with Gasteiger partial charge < -0.3 is 9.73 Å². The maximum Gasteiger partial charge on any atom is 0.251 e. The van der Waals surface area contributed by atoms with Gasteiger partial charge in [-0.05, 0) is 18.6 Å². The second-order valence-corrected chi connectivity index (χ2v) is 5.06. The van der Waals surface area contributed by atoms with Crippen molar-refractivity contribution in [3.05, 3.63) is 46.4 Å². The summed E-state index contributed by atoms with van der Waals surface area (Å²) in [5, 5.41) is 3.10. The number of aromatic nitrogens is 2. The fourth-order valence-corrected chi connectivity index (χ4v) is 2.14. The van der Waals surface area contributed by atoms with Crippen LogP contribution in [0.25, 0.3) is 0 Å². The van der Waals surface area contributed by atoms with Crippen LogP contribution in [0.3, 0.4) is 0 Å². The number of amides is 1. The van der Waals surface area contributed by atoms with Gasteiger partial charge in [0.2, 0.25) is 5.89 Å². The lowest BCUT2D eigenvalue weighted by atomic mass is 10.1. The third-order valence-corrected chi connectivity index (χ3v) is 3.16. The number of carbonyl (C=O) groups excluding carboxylic acids is 1. The van der Waals surface area contributed by atoms with E-state index < -0.39 is 0 Å². The Kier molecular flexibility index (Phi) is 5.33. The van der Waals surface area contributed by atoms with Crippen LogP contribution in [0.4, 0.5) is 0 Å². The molecule has 1 amide bonds. The summed E-state index contributed by atoms with van der Waals surface area (Å²) >= 11 is 5.95. The molecule has 0 atom stereocenters. The number of halogens is 1. The average Bonchev–Trinajstić information content (AvgIpc) is 2.92. The highest BCUT2D eigenvalue weighted by atomic mass is 35.5. The molecule has 2 heterocycles. The van der Waals surface area contributed by atoms with Gasteiger partial charge in [0.15, 0.2) is 0 Å². The summed E-state index contributed by atoms with van der Waals surface area (Å²) in [5.74, 6) is 1.08. The highest BCUT2D eigenvalue weighted by molar-refractivity contribution is 6.29. The van der Waals surface area contributed by atoms with Crippen molar-refractivity contribution < 1.29 is 9.21 Å². The highest BCUT2D eigenvalue weighted by Gasteiger charge is 2.10. The summed E-state index contributed by atoms with van der Waals surface area (Å²) in [4.78, 5) is 20.4. The van der Waals surface area contributed by atoms with Crippen LogP contribution in [0.5, 0.6) is 0 Å². The second kappa shape index (κ2) is 7.22. The molecule has 0 aliphatic heterocycles. The Bertz CT molecular complexity index is 625. The van der Waals surface area contributed by atoms with E-state index in [1.165, 1.54) is 0 Å². The average molecular weight is 308 g/mol. The predicted molar refractivity (Wildman–Crippen MR) is 80.3 cm³/mol. The summed E-state index contributed by atoms with van der Waals surface area (Å²) in [5.41, 5.74) is 1.32. The van der Waals surface area contributed by atoms with E-state index in [-0.39, 0.29) is 12.5 Å². The van der Waals surface area contributed by atoms with Crippen molar-refractivity contribution in [2.75, 3.05) is 0 Å². The molecule has 2 rings (SSSR count). The Morgan fingerprint density at radius 2 is 2.19 bits per heavy atom. The molecule has 2 aromatic rings. The van der Waals surface area contributed by atoms with Gasteiger partial charge >= 0.3 is 0 Å². The number of nitrogens with zero attached hydrogens (tertiary/aromatic N) is 2. The van der Waals surface area contributed by atoms with Crippen LogP contribution < -0.4 is 5.32 Å². The van der Waals surface area contributed by atoms with E-state index in [1.807, 2.05) is 6.92 Å². The first-order valence-corrected chi connectivity index (χ1v) is 7.38. The Labute approximate surface area is 128 Å². The normalized spacial score (nSPS) is 10.6. The molecule has 6 heteroatoms. The van der Waals surface area contributed by atoms with Crippen molar-refractivity contribution >= 4 is 17.5 Å². The SMILES string of the molecule is CCCc1cc(C(=O)NCc2ncc(CC)o2)cc(Cl)n1. The van der Waals surface area contributed by atoms with Crippen molar-refractivity contribution in [1.82, 2.24) is 15.3 Å². The number of hydrogen-bond acceptors (Lipinski definition) is 4. The van der Waals surface area contributed by atoms with Gasteiger partial charge in [0.25, 0.3) is 5.91 Å². The number of oxazole rings is 1. The van der Waals surface area contributed by atoms with Crippen LogP contribution in [-0.2, 0) is 19.4 Å². The lowest BCUT2D eigenvalue weighted by Gasteiger charge is -2.06. The molecule has 0 saturated heterocycles. The Balaban J connectivity index is 2.02. The van der Waals surface area contributed by atoms with Gasteiger partial charge in [-0.1, -0.05) is 31.9 Å². The van der Waals surface area contributed by atoms with Gasteiger partial charge in [-0.15, -0.1) is 0 Å². The van der Waals surface area contributed by atoms with Gasteiger partial charge in [-0.3, -0.25) is 4.79 Å². The molecule has 0 aromatic carbocycles. The molecule has 112 valence electrons. The second-order valence-electron chi connectivity index (χ2n) is 4.68. The smallest absolute Gasteiger partial charge is 0.251 e. The third kappa shape index (κ3) is 4.29. The van der Waals surface area contributed by atoms with Gasteiger partial charge in [0.05, 0.1) is 12.7 Å². The number of aryl methyl sites for hydroxylation is 2. The molecule has 0 spiro atoms. The molecule has 0 fully saturated rings. The van der Waals surface area contributed by atoms with Crippen LogP contribution in [0.2, 0.25) is 5.15 Å². The van der Waals surface area contributed by atoms with Crippen molar-refractivity contribution in [3.63, 3.8) is 0 Å². The van der Waals surface area contributed by atoms with Gasteiger partial charge in [-0.25, -0.2) is 9.97 Å². The molecule has 1 N–H and O–H groups in total. The zero-order valence-electron chi connectivity index (χ0n) is 12.1. The number of rotatable bonds is 6. The molecular formula is C15H18ClN3O2. The fourth-order valence-electron chi connectivity index (χ4n) is 1.92. The Hall–Kier alpha value is -1.88. The molecule has 5 nitrogen and oxygen atoms in total. The predicted octanol–water partition coefficient (Wildman–Crippen LogP) is 3.17. The van der Waals surface area contributed by atoms with Crippen LogP contribution in [-0.4, -0.2) is 15.9 Å².